The normalized spacial score (nSPS) is 13.8. The zero-order valence-electron chi connectivity index (χ0n) is 20.4. The number of anilines is 2. The van der Waals surface area contributed by atoms with Crippen LogP contribution in [0, 0.1) is 5.82 Å². The van der Waals surface area contributed by atoms with Crippen LogP contribution in [-0.4, -0.2) is 68.5 Å². The molecule has 192 valence electrons. The predicted octanol–water partition coefficient (Wildman–Crippen LogP) is 4.31. The lowest BCUT2D eigenvalue weighted by molar-refractivity contribution is 0.0742. The number of aromatic nitrogens is 5. The van der Waals surface area contributed by atoms with Crippen molar-refractivity contribution >= 4 is 51.1 Å². The lowest BCUT2D eigenvalue weighted by atomic mass is 10.0. The number of H-pyrrole nitrogens is 1. The van der Waals surface area contributed by atoms with Gasteiger partial charge in [0.15, 0.2) is 11.5 Å². The highest BCUT2D eigenvalue weighted by Gasteiger charge is 2.27. The molecular formula is C27H24ClFN8O. The van der Waals surface area contributed by atoms with Gasteiger partial charge in [0, 0.05) is 44.3 Å². The summed E-state index contributed by atoms with van der Waals surface area (Å²) < 4.78 is 14.2. The van der Waals surface area contributed by atoms with Gasteiger partial charge in [-0.05, 0) is 42.3 Å². The van der Waals surface area contributed by atoms with Crippen LogP contribution in [0.3, 0.4) is 0 Å². The molecule has 0 saturated carbocycles. The van der Waals surface area contributed by atoms with Crippen molar-refractivity contribution in [2.24, 2.45) is 0 Å². The Balaban J connectivity index is 1.24. The van der Waals surface area contributed by atoms with Gasteiger partial charge in [-0.1, -0.05) is 23.7 Å². The number of piperazine rings is 1. The molecule has 0 spiro atoms. The first kappa shape index (κ1) is 24.1. The molecule has 38 heavy (non-hydrogen) atoms. The van der Waals surface area contributed by atoms with Crippen LogP contribution in [0.5, 0.6) is 0 Å². The molecule has 1 amide bonds. The highest BCUT2D eigenvalue weighted by molar-refractivity contribution is 6.36. The van der Waals surface area contributed by atoms with Crippen LogP contribution in [0.2, 0.25) is 5.02 Å². The van der Waals surface area contributed by atoms with Crippen LogP contribution in [-0.2, 0) is 6.42 Å². The van der Waals surface area contributed by atoms with Crippen molar-refractivity contribution in [3.05, 3.63) is 83.3 Å². The van der Waals surface area contributed by atoms with E-state index in [1.54, 1.807) is 29.6 Å². The highest BCUT2D eigenvalue weighted by Crippen LogP contribution is 2.35. The van der Waals surface area contributed by atoms with E-state index in [9.17, 15) is 9.18 Å². The first-order valence-corrected chi connectivity index (χ1v) is 12.7. The number of fused-ring (bicyclic) bond motifs is 2. The quantitative estimate of drug-likeness (QED) is 0.337. The number of pyridine rings is 1. The first-order valence-electron chi connectivity index (χ1n) is 12.3. The molecular weight excluding hydrogens is 507 g/mol. The molecule has 0 radical (unpaired) electrons. The number of carbonyl (C=O) groups excluding carboxylic acids is 1. The van der Waals surface area contributed by atoms with E-state index in [4.69, 9.17) is 11.6 Å². The summed E-state index contributed by atoms with van der Waals surface area (Å²) in [6, 6.07) is 11.9. The monoisotopic (exact) mass is 530 g/mol. The summed E-state index contributed by atoms with van der Waals surface area (Å²) in [5, 5.41) is 4.87. The number of hydrogen-bond acceptors (Lipinski definition) is 7. The molecule has 11 heteroatoms. The summed E-state index contributed by atoms with van der Waals surface area (Å²) in [6.45, 7) is 2.72. The molecule has 1 fully saturated rings. The van der Waals surface area contributed by atoms with E-state index in [1.807, 2.05) is 18.2 Å². The molecule has 0 aliphatic carbocycles. The largest absolute Gasteiger partial charge is 0.368 e. The van der Waals surface area contributed by atoms with Crippen LogP contribution >= 0.6 is 11.6 Å². The van der Waals surface area contributed by atoms with E-state index in [-0.39, 0.29) is 11.5 Å². The van der Waals surface area contributed by atoms with Gasteiger partial charge < -0.3 is 20.1 Å². The van der Waals surface area contributed by atoms with Gasteiger partial charge >= 0.3 is 0 Å². The van der Waals surface area contributed by atoms with E-state index in [1.165, 1.54) is 18.5 Å². The van der Waals surface area contributed by atoms with Gasteiger partial charge in [-0.15, -0.1) is 0 Å². The number of nitrogens with zero attached hydrogens (tertiary/aromatic N) is 6. The van der Waals surface area contributed by atoms with E-state index in [2.05, 4.69) is 35.1 Å². The maximum absolute atomic E-state index is 14.2. The molecule has 9 nitrogen and oxygen atoms in total. The Kier molecular flexibility index (Phi) is 6.47. The van der Waals surface area contributed by atoms with Crippen molar-refractivity contribution in [3.63, 3.8) is 0 Å². The van der Waals surface area contributed by atoms with Gasteiger partial charge in [0.2, 0.25) is 0 Å². The number of carbonyl (C=O) groups is 1. The Hall–Kier alpha value is -4.31. The zero-order valence-corrected chi connectivity index (χ0v) is 21.1. The number of nitrogens with one attached hydrogen (secondary N) is 2. The van der Waals surface area contributed by atoms with Crippen molar-refractivity contribution in [1.82, 2.24) is 29.8 Å². The summed E-state index contributed by atoms with van der Waals surface area (Å²) in [5.74, 6) is -0.137. The van der Waals surface area contributed by atoms with Crippen molar-refractivity contribution in [3.8, 4) is 0 Å². The van der Waals surface area contributed by atoms with Gasteiger partial charge in [-0.2, -0.15) is 0 Å². The van der Waals surface area contributed by atoms with E-state index in [0.29, 0.717) is 61.1 Å². The Morgan fingerprint density at radius 2 is 1.87 bits per heavy atom. The summed E-state index contributed by atoms with van der Waals surface area (Å²) in [6.07, 6.45) is 5.50. The third kappa shape index (κ3) is 4.47. The summed E-state index contributed by atoms with van der Waals surface area (Å²) in [7, 11) is 0. The van der Waals surface area contributed by atoms with Crippen LogP contribution in [0.15, 0.2) is 61.3 Å². The minimum absolute atomic E-state index is 0.0991. The third-order valence-electron chi connectivity index (χ3n) is 6.79. The molecule has 3 aromatic heterocycles. The number of aromatic amines is 1. The number of benzene rings is 2. The average Bonchev–Trinajstić information content (AvgIpc) is 3.43. The SMILES string of the molecule is O=C(c1ccccc1F)N1CCN(c2c(CCNc3ncnc4[nH]cnc34)cc(Cl)c3cccnc23)CC1. The Bertz CT molecular complexity index is 1630. The fourth-order valence-electron chi connectivity index (χ4n) is 4.93. The smallest absolute Gasteiger partial charge is 0.256 e. The molecule has 0 atom stereocenters. The van der Waals surface area contributed by atoms with Crippen molar-refractivity contribution in [1.29, 1.82) is 0 Å². The average molecular weight is 531 g/mol. The molecule has 0 unspecified atom stereocenters. The summed E-state index contributed by atoms with van der Waals surface area (Å²) >= 11 is 6.68. The Morgan fingerprint density at radius 1 is 1.03 bits per heavy atom. The predicted molar refractivity (Wildman–Crippen MR) is 145 cm³/mol. The minimum Gasteiger partial charge on any atom is -0.368 e. The van der Waals surface area contributed by atoms with Crippen molar-refractivity contribution in [2.45, 2.75) is 6.42 Å². The standard InChI is InChI=1S/C27H24ClFN8O/c28-20-14-17(7-9-31-25-23-26(33-15-32-23)35-16-34-25)24(22-18(20)5-3-8-30-22)36-10-12-37(13-11-36)27(38)19-4-1-2-6-21(19)29/h1-6,8,14-16H,7,9-13H2,(H2,31,32,33,34,35). The van der Waals surface area contributed by atoms with Crippen molar-refractivity contribution < 1.29 is 9.18 Å². The second-order valence-corrected chi connectivity index (χ2v) is 9.43. The molecule has 2 N–H and O–H groups in total. The van der Waals surface area contributed by atoms with E-state index in [0.717, 1.165) is 22.2 Å². The van der Waals surface area contributed by atoms with Crippen LogP contribution in [0.4, 0.5) is 15.9 Å². The Labute approximate surface area is 222 Å². The fourth-order valence-corrected chi connectivity index (χ4v) is 5.21. The van der Waals surface area contributed by atoms with Gasteiger partial charge in [0.25, 0.3) is 5.91 Å². The molecule has 4 heterocycles. The highest BCUT2D eigenvalue weighted by atomic mass is 35.5. The lowest BCUT2D eigenvalue weighted by Gasteiger charge is -2.37. The molecule has 1 aliphatic rings. The van der Waals surface area contributed by atoms with Gasteiger partial charge in [-0.25, -0.2) is 19.3 Å². The van der Waals surface area contributed by atoms with Crippen LogP contribution in [0.1, 0.15) is 15.9 Å². The van der Waals surface area contributed by atoms with Crippen LogP contribution < -0.4 is 10.2 Å². The van der Waals surface area contributed by atoms with E-state index < -0.39 is 5.82 Å². The first-order chi connectivity index (χ1) is 18.6. The van der Waals surface area contributed by atoms with Crippen LogP contribution in [0.25, 0.3) is 22.1 Å². The topological polar surface area (TPSA) is 103 Å². The second-order valence-electron chi connectivity index (χ2n) is 9.02. The van der Waals surface area contributed by atoms with Gasteiger partial charge in [0.1, 0.15) is 17.7 Å². The lowest BCUT2D eigenvalue weighted by Crippen LogP contribution is -2.49. The van der Waals surface area contributed by atoms with E-state index >= 15 is 0 Å². The number of amides is 1. The molecule has 1 saturated heterocycles. The van der Waals surface area contributed by atoms with Crippen molar-refractivity contribution in [2.75, 3.05) is 42.9 Å². The van der Waals surface area contributed by atoms with Gasteiger partial charge in [0.05, 0.1) is 28.1 Å². The minimum atomic E-state index is -0.501. The number of hydrogen-bond donors (Lipinski definition) is 2. The molecule has 1 aliphatic heterocycles. The third-order valence-corrected chi connectivity index (χ3v) is 7.10. The number of halogens is 2. The molecule has 2 aromatic carbocycles. The maximum Gasteiger partial charge on any atom is 0.256 e. The fraction of sp³-hybridized carbons (Fsp3) is 0.222. The zero-order chi connectivity index (χ0) is 26.1. The number of imidazole rings is 1. The molecule has 6 rings (SSSR count). The molecule has 0 bridgehead atoms. The Morgan fingerprint density at radius 3 is 2.71 bits per heavy atom. The summed E-state index contributed by atoms with van der Waals surface area (Å²) in [5.41, 5.74) is 4.31. The summed E-state index contributed by atoms with van der Waals surface area (Å²) in [4.78, 5) is 37.4. The molecule has 5 aromatic rings. The maximum atomic E-state index is 14.2. The van der Waals surface area contributed by atoms with Gasteiger partial charge in [-0.3, -0.25) is 9.78 Å². The number of rotatable bonds is 6. The second kappa shape index (κ2) is 10.2.